The summed E-state index contributed by atoms with van der Waals surface area (Å²) < 4.78 is 0. The number of carbonyl (C=O) groups is 1. The number of halogens is 2. The Hall–Kier alpha value is -0.540. The van der Waals surface area contributed by atoms with Gasteiger partial charge in [-0.05, 0) is 49.4 Å². The van der Waals surface area contributed by atoms with Crippen LogP contribution in [0, 0.1) is 12.8 Å². The first-order valence-electron chi connectivity index (χ1n) is 7.10. The molecule has 1 aliphatic carbocycles. The van der Waals surface area contributed by atoms with Crippen molar-refractivity contribution < 1.29 is 4.79 Å². The summed E-state index contributed by atoms with van der Waals surface area (Å²) in [6.07, 6.45) is 4.51. The molecule has 0 saturated heterocycles. The lowest BCUT2D eigenvalue weighted by Gasteiger charge is -2.39. The number of hydrogen-bond acceptors (Lipinski definition) is 1. The molecular formula is C16H21BrClNO. The van der Waals surface area contributed by atoms with Gasteiger partial charge in [0.2, 0.25) is 0 Å². The third-order valence-corrected chi connectivity index (χ3v) is 5.64. The standard InChI is InChI=1S/C16H21BrClNO/c1-11-4-3-7-16(9-11,10-17)19-15(20)13-5-6-14(18)12(2)8-13/h5-6,8,11H,3-4,7,9-10H2,1-2H3,(H,19,20). The first kappa shape index (κ1) is 15.8. The predicted molar refractivity (Wildman–Crippen MR) is 87.8 cm³/mol. The zero-order valence-corrected chi connectivity index (χ0v) is 14.4. The van der Waals surface area contributed by atoms with Gasteiger partial charge in [0.05, 0.1) is 5.54 Å². The highest BCUT2D eigenvalue weighted by molar-refractivity contribution is 9.09. The van der Waals surface area contributed by atoms with Gasteiger partial charge >= 0.3 is 0 Å². The van der Waals surface area contributed by atoms with E-state index in [1.165, 1.54) is 12.8 Å². The van der Waals surface area contributed by atoms with Crippen molar-refractivity contribution in [2.75, 3.05) is 5.33 Å². The van der Waals surface area contributed by atoms with Crippen LogP contribution in [0.1, 0.15) is 48.5 Å². The highest BCUT2D eigenvalue weighted by Crippen LogP contribution is 2.34. The van der Waals surface area contributed by atoms with Crippen LogP contribution in [0.5, 0.6) is 0 Å². The minimum absolute atomic E-state index is 0.00156. The van der Waals surface area contributed by atoms with Crippen LogP contribution in [0.2, 0.25) is 5.02 Å². The Balaban J connectivity index is 2.14. The molecule has 2 rings (SSSR count). The van der Waals surface area contributed by atoms with Crippen LogP contribution in [0.15, 0.2) is 18.2 Å². The Morgan fingerprint density at radius 2 is 2.30 bits per heavy atom. The fourth-order valence-corrected chi connectivity index (χ4v) is 3.79. The molecule has 1 N–H and O–H groups in total. The molecule has 0 radical (unpaired) electrons. The molecule has 0 spiro atoms. The molecule has 110 valence electrons. The summed E-state index contributed by atoms with van der Waals surface area (Å²) in [5.41, 5.74) is 1.51. The summed E-state index contributed by atoms with van der Waals surface area (Å²) in [6, 6.07) is 5.43. The lowest BCUT2D eigenvalue weighted by molar-refractivity contribution is 0.0869. The van der Waals surface area contributed by atoms with E-state index in [-0.39, 0.29) is 11.4 Å². The van der Waals surface area contributed by atoms with Crippen LogP contribution in [-0.2, 0) is 0 Å². The van der Waals surface area contributed by atoms with Crippen LogP contribution in [0.4, 0.5) is 0 Å². The summed E-state index contributed by atoms with van der Waals surface area (Å²) in [6.45, 7) is 4.18. The molecule has 20 heavy (non-hydrogen) atoms. The van der Waals surface area contributed by atoms with Gasteiger partial charge in [-0.25, -0.2) is 0 Å². The van der Waals surface area contributed by atoms with Crippen molar-refractivity contribution in [1.82, 2.24) is 5.32 Å². The quantitative estimate of drug-likeness (QED) is 0.778. The first-order valence-corrected chi connectivity index (χ1v) is 8.60. The van der Waals surface area contributed by atoms with Crippen molar-refractivity contribution in [2.24, 2.45) is 5.92 Å². The molecule has 1 amide bonds. The van der Waals surface area contributed by atoms with E-state index in [1.807, 2.05) is 13.0 Å². The minimum Gasteiger partial charge on any atom is -0.346 e. The second-order valence-corrected chi connectivity index (χ2v) is 7.00. The van der Waals surface area contributed by atoms with Crippen LogP contribution in [0.25, 0.3) is 0 Å². The maximum atomic E-state index is 12.5. The van der Waals surface area contributed by atoms with Crippen molar-refractivity contribution in [3.05, 3.63) is 34.3 Å². The summed E-state index contributed by atoms with van der Waals surface area (Å²) >= 11 is 9.60. The van der Waals surface area contributed by atoms with Gasteiger partial charge in [0.25, 0.3) is 5.91 Å². The molecule has 2 nitrogen and oxygen atoms in total. The minimum atomic E-state index is -0.109. The molecule has 0 heterocycles. The third kappa shape index (κ3) is 3.56. The molecule has 1 aromatic carbocycles. The van der Waals surface area contributed by atoms with Gasteiger partial charge < -0.3 is 5.32 Å². The normalized spacial score (nSPS) is 26.3. The average molecular weight is 359 g/mol. The lowest BCUT2D eigenvalue weighted by Crippen LogP contribution is -2.52. The molecule has 0 aliphatic heterocycles. The van der Waals surface area contributed by atoms with Crippen molar-refractivity contribution in [1.29, 1.82) is 0 Å². The SMILES string of the molecule is Cc1cc(C(=O)NC2(CBr)CCCC(C)C2)ccc1Cl. The number of rotatable bonds is 3. The molecule has 1 saturated carbocycles. The number of benzene rings is 1. The zero-order chi connectivity index (χ0) is 14.8. The van der Waals surface area contributed by atoms with Crippen LogP contribution < -0.4 is 5.32 Å². The van der Waals surface area contributed by atoms with E-state index < -0.39 is 0 Å². The van der Waals surface area contributed by atoms with Crippen LogP contribution in [-0.4, -0.2) is 16.8 Å². The van der Waals surface area contributed by atoms with E-state index in [0.29, 0.717) is 16.5 Å². The maximum Gasteiger partial charge on any atom is 0.251 e. The maximum absolute atomic E-state index is 12.5. The van der Waals surface area contributed by atoms with Gasteiger partial charge in [0.15, 0.2) is 0 Å². The molecule has 1 fully saturated rings. The molecule has 0 aromatic heterocycles. The molecule has 0 bridgehead atoms. The largest absolute Gasteiger partial charge is 0.346 e. The summed E-state index contributed by atoms with van der Waals surface area (Å²) in [7, 11) is 0. The summed E-state index contributed by atoms with van der Waals surface area (Å²) in [5.74, 6) is 0.659. The van der Waals surface area contributed by atoms with Crippen molar-refractivity contribution >= 4 is 33.4 Å². The topological polar surface area (TPSA) is 29.1 Å². The number of alkyl halides is 1. The summed E-state index contributed by atoms with van der Waals surface area (Å²) in [5, 5.41) is 4.75. The second-order valence-electron chi connectivity index (χ2n) is 6.03. The van der Waals surface area contributed by atoms with Gasteiger partial charge in [0, 0.05) is 15.9 Å². The fraction of sp³-hybridized carbons (Fsp3) is 0.562. The number of carbonyl (C=O) groups excluding carboxylic acids is 1. The van der Waals surface area contributed by atoms with E-state index in [0.717, 1.165) is 23.7 Å². The second kappa shape index (κ2) is 6.48. The van der Waals surface area contributed by atoms with Crippen molar-refractivity contribution in [2.45, 2.75) is 45.1 Å². The lowest BCUT2D eigenvalue weighted by atomic mass is 9.77. The zero-order valence-electron chi connectivity index (χ0n) is 12.0. The Morgan fingerprint density at radius 1 is 1.55 bits per heavy atom. The molecule has 4 heteroatoms. The highest BCUT2D eigenvalue weighted by Gasteiger charge is 2.35. The van der Waals surface area contributed by atoms with Gasteiger partial charge in [-0.3, -0.25) is 4.79 Å². The number of hydrogen-bond donors (Lipinski definition) is 1. The van der Waals surface area contributed by atoms with Gasteiger partial charge in [-0.1, -0.05) is 47.3 Å². The van der Waals surface area contributed by atoms with E-state index in [4.69, 9.17) is 11.6 Å². The number of nitrogens with one attached hydrogen (secondary N) is 1. The Kier molecular flexibility index (Phi) is 5.14. The number of aryl methyl sites for hydroxylation is 1. The van der Waals surface area contributed by atoms with E-state index >= 15 is 0 Å². The molecular weight excluding hydrogens is 338 g/mol. The molecule has 1 aromatic rings. The van der Waals surface area contributed by atoms with E-state index in [9.17, 15) is 4.79 Å². The molecule has 2 atom stereocenters. The van der Waals surface area contributed by atoms with Gasteiger partial charge in [-0.2, -0.15) is 0 Å². The van der Waals surface area contributed by atoms with Crippen LogP contribution in [0.3, 0.4) is 0 Å². The Bertz CT molecular complexity index is 505. The Labute approximate surface area is 134 Å². The summed E-state index contributed by atoms with van der Waals surface area (Å²) in [4.78, 5) is 12.5. The molecule has 2 unspecified atom stereocenters. The third-order valence-electron chi connectivity index (χ3n) is 4.15. The first-order chi connectivity index (χ1) is 9.46. The number of amides is 1. The molecule has 1 aliphatic rings. The monoisotopic (exact) mass is 357 g/mol. The van der Waals surface area contributed by atoms with Crippen molar-refractivity contribution in [3.63, 3.8) is 0 Å². The van der Waals surface area contributed by atoms with Gasteiger partial charge in [0.1, 0.15) is 0 Å². The smallest absolute Gasteiger partial charge is 0.251 e. The Morgan fingerprint density at radius 3 is 2.90 bits per heavy atom. The predicted octanol–water partition coefficient (Wildman–Crippen LogP) is 4.72. The van der Waals surface area contributed by atoms with E-state index in [1.54, 1.807) is 12.1 Å². The average Bonchev–Trinajstić information content (AvgIpc) is 2.41. The highest BCUT2D eigenvalue weighted by atomic mass is 79.9. The van der Waals surface area contributed by atoms with Crippen molar-refractivity contribution in [3.8, 4) is 0 Å². The van der Waals surface area contributed by atoms with Crippen LogP contribution >= 0.6 is 27.5 Å². The van der Waals surface area contributed by atoms with Gasteiger partial charge in [-0.15, -0.1) is 0 Å². The van der Waals surface area contributed by atoms with E-state index in [2.05, 4.69) is 28.2 Å². The fourth-order valence-electron chi connectivity index (χ4n) is 3.03.